The number of nitrogens with zero attached hydrogens (tertiary/aromatic N) is 3. The summed E-state index contributed by atoms with van der Waals surface area (Å²) in [6, 6.07) is 7.58. The molecule has 13 heteroatoms. The molecule has 0 radical (unpaired) electrons. The summed E-state index contributed by atoms with van der Waals surface area (Å²) < 4.78 is 26.4. The first kappa shape index (κ1) is 42.5. The molecule has 294 valence electrons. The summed E-state index contributed by atoms with van der Waals surface area (Å²) in [5, 5.41) is 9.55. The number of rotatable bonds is 14. The Morgan fingerprint density at radius 1 is 0.889 bits per heavy atom. The van der Waals surface area contributed by atoms with Gasteiger partial charge in [0.05, 0.1) is 29.4 Å². The predicted molar refractivity (Wildman–Crippen MR) is 213 cm³/mol. The fourth-order valence-corrected chi connectivity index (χ4v) is 6.88. The van der Waals surface area contributed by atoms with E-state index in [-0.39, 0.29) is 13.2 Å². The lowest BCUT2D eigenvalue weighted by Gasteiger charge is -2.20. The van der Waals surface area contributed by atoms with Crippen LogP contribution in [0.5, 0.6) is 5.75 Å². The van der Waals surface area contributed by atoms with Gasteiger partial charge in [0, 0.05) is 40.3 Å². The molecule has 0 bridgehead atoms. The maximum Gasteiger partial charge on any atom is 0.407 e. The highest BCUT2D eigenvalue weighted by atomic mass is 35.5. The molecule has 0 atom stereocenters. The zero-order chi connectivity index (χ0) is 40.1. The van der Waals surface area contributed by atoms with Crippen molar-refractivity contribution in [3.8, 4) is 16.9 Å². The van der Waals surface area contributed by atoms with E-state index in [4.69, 9.17) is 47.2 Å². The van der Waals surface area contributed by atoms with Gasteiger partial charge < -0.3 is 28.8 Å². The van der Waals surface area contributed by atoms with Gasteiger partial charge >= 0.3 is 18.0 Å². The van der Waals surface area contributed by atoms with Crippen molar-refractivity contribution >= 4 is 52.1 Å². The molecule has 0 aliphatic heterocycles. The summed E-state index contributed by atoms with van der Waals surface area (Å²) >= 11 is 13.5. The minimum atomic E-state index is -0.651. The molecule has 54 heavy (non-hydrogen) atoms. The van der Waals surface area contributed by atoms with Gasteiger partial charge in [0.2, 0.25) is 0 Å². The summed E-state index contributed by atoms with van der Waals surface area (Å²) in [6.07, 6.45) is 1.03. The molecule has 2 heterocycles. The molecule has 0 saturated carbocycles. The first-order valence-electron chi connectivity index (χ1n) is 18.4. The number of hydrogen-bond donors (Lipinski definition) is 1. The van der Waals surface area contributed by atoms with Crippen LogP contribution in [0.4, 0.5) is 4.79 Å². The lowest BCUT2D eigenvalue weighted by Crippen LogP contribution is -2.33. The van der Waals surface area contributed by atoms with Crippen LogP contribution in [0.3, 0.4) is 0 Å². The number of fused-ring (bicyclic) bond motifs is 1. The van der Waals surface area contributed by atoms with Crippen LogP contribution in [0.2, 0.25) is 10.0 Å². The molecule has 0 aliphatic carbocycles. The molecule has 0 aliphatic rings. The Morgan fingerprint density at radius 3 is 2.15 bits per heavy atom. The zero-order valence-corrected chi connectivity index (χ0v) is 34.9. The van der Waals surface area contributed by atoms with E-state index in [0.717, 1.165) is 38.9 Å². The van der Waals surface area contributed by atoms with Crippen molar-refractivity contribution in [2.24, 2.45) is 0 Å². The highest BCUT2D eigenvalue weighted by molar-refractivity contribution is 6.35. The van der Waals surface area contributed by atoms with Gasteiger partial charge in [-0.3, -0.25) is 9.48 Å². The van der Waals surface area contributed by atoms with Crippen LogP contribution in [0.1, 0.15) is 99.9 Å². The van der Waals surface area contributed by atoms with E-state index >= 15 is 0 Å². The standard InChI is InChI=1S/C41H54Cl2N4O7/c1-12-51-38(49)37-29(15-13-20-52-28-21-24(2)35(43)25(3)22-28)30-16-17-31(42)34(36(30)46(37)19-14-18-44-39(50)54-41(9,10)11)33-26(4)45-47(27(33)5)23-32(48)53-40(6,7)8/h16-17,21-22H,12-15,18-20,23H2,1-11H3,(H,44,50). The highest BCUT2D eigenvalue weighted by Gasteiger charge is 2.29. The van der Waals surface area contributed by atoms with Crippen LogP contribution < -0.4 is 10.1 Å². The van der Waals surface area contributed by atoms with Gasteiger partial charge in [0.15, 0.2) is 0 Å². The normalized spacial score (nSPS) is 11.9. The van der Waals surface area contributed by atoms with Crippen molar-refractivity contribution in [3.05, 3.63) is 68.1 Å². The van der Waals surface area contributed by atoms with Gasteiger partial charge in [-0.25, -0.2) is 9.59 Å². The molecule has 4 aromatic rings. The average molecular weight is 786 g/mol. The third-order valence-corrected chi connectivity index (χ3v) is 9.46. The van der Waals surface area contributed by atoms with Crippen molar-refractivity contribution in [3.63, 3.8) is 0 Å². The molecule has 0 fully saturated rings. The Balaban J connectivity index is 1.82. The Kier molecular flexibility index (Phi) is 13.8. The molecule has 11 nitrogen and oxygen atoms in total. The van der Waals surface area contributed by atoms with E-state index in [0.29, 0.717) is 71.6 Å². The van der Waals surface area contributed by atoms with Crippen LogP contribution in [0, 0.1) is 27.7 Å². The van der Waals surface area contributed by atoms with Crippen molar-refractivity contribution < 1.29 is 33.3 Å². The van der Waals surface area contributed by atoms with Gasteiger partial charge in [-0.2, -0.15) is 5.10 Å². The number of hydrogen-bond acceptors (Lipinski definition) is 8. The second kappa shape index (κ2) is 17.5. The van der Waals surface area contributed by atoms with Crippen molar-refractivity contribution in [2.45, 2.75) is 120 Å². The summed E-state index contributed by atoms with van der Waals surface area (Å²) in [7, 11) is 0. The average Bonchev–Trinajstić information content (AvgIpc) is 3.50. The van der Waals surface area contributed by atoms with Crippen molar-refractivity contribution in [2.75, 3.05) is 19.8 Å². The summed E-state index contributed by atoms with van der Waals surface area (Å²) in [5.74, 6) is -0.156. The Hall–Kier alpha value is -4.22. The van der Waals surface area contributed by atoms with E-state index in [1.807, 2.05) is 77.3 Å². The van der Waals surface area contributed by atoms with Gasteiger partial charge in [-0.1, -0.05) is 29.3 Å². The lowest BCUT2D eigenvalue weighted by atomic mass is 9.98. The third-order valence-electron chi connectivity index (χ3n) is 8.55. The first-order chi connectivity index (χ1) is 25.2. The lowest BCUT2D eigenvalue weighted by molar-refractivity contribution is -0.155. The van der Waals surface area contributed by atoms with Gasteiger partial charge in [0.25, 0.3) is 0 Å². The Morgan fingerprint density at radius 2 is 1.54 bits per heavy atom. The van der Waals surface area contributed by atoms with Crippen molar-refractivity contribution in [1.82, 2.24) is 19.7 Å². The summed E-state index contributed by atoms with van der Waals surface area (Å²) in [6.45, 7) is 21.4. The first-order valence-corrected chi connectivity index (χ1v) is 19.1. The fraction of sp³-hybridized carbons (Fsp3) is 0.512. The summed E-state index contributed by atoms with van der Waals surface area (Å²) in [5.41, 5.74) is 5.31. The molecule has 2 aromatic heterocycles. The minimum absolute atomic E-state index is 0.0825. The fourth-order valence-electron chi connectivity index (χ4n) is 6.52. The topological polar surface area (TPSA) is 123 Å². The molecule has 1 N–H and O–H groups in total. The van der Waals surface area contributed by atoms with Crippen molar-refractivity contribution in [1.29, 1.82) is 0 Å². The number of nitrogens with one attached hydrogen (secondary N) is 1. The predicted octanol–water partition coefficient (Wildman–Crippen LogP) is 9.49. The van der Waals surface area contributed by atoms with Crippen LogP contribution in [0.15, 0.2) is 24.3 Å². The van der Waals surface area contributed by atoms with Gasteiger partial charge in [-0.05, 0) is 130 Å². The molecule has 0 spiro atoms. The smallest absolute Gasteiger partial charge is 0.407 e. The SMILES string of the molecule is CCOC(=O)c1c(CCCOc2cc(C)c(Cl)c(C)c2)c2ccc(Cl)c(-c3c(C)nn(CC(=O)OC(C)(C)C)c3C)c2n1CCCNC(=O)OC(C)(C)C. The number of carbonyl (C=O) groups is 3. The number of ether oxygens (including phenoxy) is 4. The van der Waals surface area contributed by atoms with Crippen LogP contribution >= 0.6 is 23.2 Å². The van der Waals surface area contributed by atoms with Gasteiger partial charge in [0.1, 0.15) is 29.2 Å². The number of aromatic nitrogens is 3. The summed E-state index contributed by atoms with van der Waals surface area (Å²) in [4.78, 5) is 39.3. The molecular formula is C41H54Cl2N4O7. The number of benzene rings is 2. The highest BCUT2D eigenvalue weighted by Crippen LogP contribution is 2.42. The van der Waals surface area contributed by atoms with E-state index in [2.05, 4.69) is 5.32 Å². The molecule has 0 saturated heterocycles. The Labute approximate surface area is 328 Å². The monoisotopic (exact) mass is 784 g/mol. The van der Waals surface area contributed by atoms with Gasteiger partial charge in [-0.15, -0.1) is 0 Å². The molecule has 1 amide bonds. The quantitative estimate of drug-likeness (QED) is 0.0762. The number of aryl methyl sites for hydroxylation is 5. The van der Waals surface area contributed by atoms with Crippen LogP contribution in [-0.4, -0.2) is 63.3 Å². The van der Waals surface area contributed by atoms with E-state index < -0.39 is 29.2 Å². The third kappa shape index (κ3) is 10.5. The second-order valence-electron chi connectivity index (χ2n) is 15.4. The Bertz CT molecular complexity index is 2000. The zero-order valence-electron chi connectivity index (χ0n) is 33.4. The number of alkyl carbamates (subject to hydrolysis) is 1. The number of esters is 2. The van der Waals surface area contributed by atoms with Crippen LogP contribution in [-0.2, 0) is 38.5 Å². The molecule has 2 aromatic carbocycles. The largest absolute Gasteiger partial charge is 0.494 e. The number of carbonyl (C=O) groups excluding carboxylic acids is 3. The molecule has 0 unspecified atom stereocenters. The van der Waals surface area contributed by atoms with E-state index in [1.165, 1.54) is 0 Å². The van der Waals surface area contributed by atoms with Crippen LogP contribution in [0.25, 0.3) is 22.0 Å². The minimum Gasteiger partial charge on any atom is -0.494 e. The molecule has 4 rings (SSSR count). The maximum atomic E-state index is 13.9. The molecular weight excluding hydrogens is 731 g/mol. The number of halogens is 2. The van der Waals surface area contributed by atoms with E-state index in [9.17, 15) is 14.4 Å². The maximum absolute atomic E-state index is 13.9. The second-order valence-corrected chi connectivity index (χ2v) is 16.2. The van der Waals surface area contributed by atoms with E-state index in [1.54, 1.807) is 32.4 Å². The number of amides is 1.